The number of aryl methyl sites for hydroxylation is 2. The third kappa shape index (κ3) is 1.69. The molecule has 0 aliphatic rings. The lowest BCUT2D eigenvalue weighted by atomic mass is 10.3. The van der Waals surface area contributed by atoms with Crippen molar-refractivity contribution >= 4 is 11.3 Å². The molecular weight excluding hydrogens is 198 g/mol. The molecule has 4 nitrogen and oxygen atoms in total. The normalized spacial score (nSPS) is 13.1. The van der Waals surface area contributed by atoms with Crippen molar-refractivity contribution in [3.8, 4) is 0 Å². The molecule has 0 aliphatic carbocycles. The number of aliphatic hydroxyl groups excluding tert-OH is 1. The molecule has 1 N–H and O–H groups in total. The van der Waals surface area contributed by atoms with Gasteiger partial charge in [-0.25, -0.2) is 9.97 Å². The van der Waals surface area contributed by atoms with Crippen molar-refractivity contribution in [2.75, 3.05) is 0 Å². The summed E-state index contributed by atoms with van der Waals surface area (Å²) in [5.41, 5.74) is 0.641. The van der Waals surface area contributed by atoms with Crippen LogP contribution in [-0.4, -0.2) is 19.6 Å². The molecule has 0 aliphatic heterocycles. The molecule has 5 heteroatoms. The van der Waals surface area contributed by atoms with E-state index >= 15 is 0 Å². The van der Waals surface area contributed by atoms with Gasteiger partial charge >= 0.3 is 0 Å². The van der Waals surface area contributed by atoms with E-state index in [4.69, 9.17) is 0 Å². The SMILES string of the molecule is Cc1cnc(C(O)c2cn(C)cn2)s1. The zero-order chi connectivity index (χ0) is 10.1. The highest BCUT2D eigenvalue weighted by atomic mass is 32.1. The Bertz CT molecular complexity index is 394. The van der Waals surface area contributed by atoms with Crippen LogP contribution in [0.1, 0.15) is 21.7 Å². The van der Waals surface area contributed by atoms with E-state index in [9.17, 15) is 5.11 Å². The predicted molar refractivity (Wildman–Crippen MR) is 54.1 cm³/mol. The molecule has 0 spiro atoms. The van der Waals surface area contributed by atoms with Gasteiger partial charge in [-0.15, -0.1) is 11.3 Å². The summed E-state index contributed by atoms with van der Waals surface area (Å²) < 4.78 is 1.80. The number of imidazole rings is 1. The number of thiazole rings is 1. The first-order valence-corrected chi connectivity index (χ1v) is 5.06. The molecule has 2 rings (SSSR count). The molecule has 0 fully saturated rings. The van der Waals surface area contributed by atoms with Gasteiger partial charge in [-0.1, -0.05) is 0 Å². The molecule has 0 radical (unpaired) electrons. The summed E-state index contributed by atoms with van der Waals surface area (Å²) in [6, 6.07) is 0. The number of aliphatic hydroxyl groups is 1. The summed E-state index contributed by atoms with van der Waals surface area (Å²) in [4.78, 5) is 9.29. The van der Waals surface area contributed by atoms with Gasteiger partial charge in [0.15, 0.2) is 0 Å². The van der Waals surface area contributed by atoms with E-state index < -0.39 is 6.10 Å². The van der Waals surface area contributed by atoms with Gasteiger partial charge in [-0.2, -0.15) is 0 Å². The Morgan fingerprint density at radius 1 is 1.50 bits per heavy atom. The van der Waals surface area contributed by atoms with Crippen molar-refractivity contribution in [3.63, 3.8) is 0 Å². The molecule has 1 atom stereocenters. The van der Waals surface area contributed by atoms with E-state index in [1.54, 1.807) is 23.3 Å². The van der Waals surface area contributed by atoms with Crippen LogP contribution in [0.4, 0.5) is 0 Å². The van der Waals surface area contributed by atoms with E-state index in [2.05, 4.69) is 9.97 Å². The largest absolute Gasteiger partial charge is 0.379 e. The topological polar surface area (TPSA) is 50.9 Å². The molecule has 0 saturated carbocycles. The summed E-state index contributed by atoms with van der Waals surface area (Å²) in [7, 11) is 1.87. The van der Waals surface area contributed by atoms with Crippen molar-refractivity contribution in [1.29, 1.82) is 0 Å². The van der Waals surface area contributed by atoms with Gasteiger partial charge in [0.05, 0.1) is 12.0 Å². The predicted octanol–water partition coefficient (Wildman–Crippen LogP) is 1.27. The summed E-state index contributed by atoms with van der Waals surface area (Å²) >= 11 is 1.49. The average molecular weight is 209 g/mol. The second-order valence-corrected chi connectivity index (χ2v) is 4.44. The third-order valence-electron chi connectivity index (χ3n) is 1.88. The van der Waals surface area contributed by atoms with Crippen LogP contribution in [0, 0.1) is 6.92 Å². The van der Waals surface area contributed by atoms with Gasteiger partial charge in [0, 0.05) is 24.3 Å². The highest BCUT2D eigenvalue weighted by Gasteiger charge is 2.15. The van der Waals surface area contributed by atoms with Crippen molar-refractivity contribution in [2.24, 2.45) is 7.05 Å². The fourth-order valence-corrected chi connectivity index (χ4v) is 1.97. The van der Waals surface area contributed by atoms with Crippen LogP contribution in [0.5, 0.6) is 0 Å². The van der Waals surface area contributed by atoms with Gasteiger partial charge in [0.25, 0.3) is 0 Å². The van der Waals surface area contributed by atoms with Crippen LogP contribution in [0.15, 0.2) is 18.7 Å². The summed E-state index contributed by atoms with van der Waals surface area (Å²) in [5.74, 6) is 0. The molecule has 2 aromatic heterocycles. The minimum Gasteiger partial charge on any atom is -0.379 e. The van der Waals surface area contributed by atoms with Gasteiger partial charge in [0.2, 0.25) is 0 Å². The molecule has 2 heterocycles. The fraction of sp³-hybridized carbons (Fsp3) is 0.333. The van der Waals surface area contributed by atoms with Crippen molar-refractivity contribution in [2.45, 2.75) is 13.0 Å². The Balaban J connectivity index is 2.28. The number of hydrogen-bond donors (Lipinski definition) is 1. The van der Waals surface area contributed by atoms with Gasteiger partial charge in [-0.05, 0) is 6.92 Å². The zero-order valence-electron chi connectivity index (χ0n) is 8.01. The Hall–Kier alpha value is -1.20. The number of aromatic nitrogens is 3. The highest BCUT2D eigenvalue weighted by Crippen LogP contribution is 2.24. The maximum atomic E-state index is 9.89. The number of rotatable bonds is 2. The van der Waals surface area contributed by atoms with E-state index in [-0.39, 0.29) is 0 Å². The second kappa shape index (κ2) is 3.51. The molecular formula is C9H11N3OS. The van der Waals surface area contributed by atoms with Gasteiger partial charge in [0.1, 0.15) is 11.1 Å². The minimum absolute atomic E-state index is 0.641. The van der Waals surface area contributed by atoms with Crippen LogP contribution in [0.3, 0.4) is 0 Å². The molecule has 14 heavy (non-hydrogen) atoms. The van der Waals surface area contributed by atoms with Crippen molar-refractivity contribution in [3.05, 3.63) is 34.3 Å². The van der Waals surface area contributed by atoms with E-state index in [1.807, 2.05) is 14.0 Å². The third-order valence-corrected chi connectivity index (χ3v) is 2.84. The molecule has 1 unspecified atom stereocenters. The molecule has 0 bridgehead atoms. The number of nitrogens with zero attached hydrogens (tertiary/aromatic N) is 3. The Kier molecular flexibility index (Phi) is 2.35. The molecule has 0 saturated heterocycles. The lowest BCUT2D eigenvalue weighted by Crippen LogP contribution is -1.98. The second-order valence-electron chi connectivity index (χ2n) is 3.18. The number of hydrogen-bond acceptors (Lipinski definition) is 4. The molecule has 0 amide bonds. The lowest BCUT2D eigenvalue weighted by molar-refractivity contribution is 0.215. The summed E-state index contributed by atoms with van der Waals surface area (Å²) in [6.07, 6.45) is 4.52. The standard InChI is InChI=1S/C9H11N3OS/c1-6-3-10-9(14-6)8(13)7-4-12(2)5-11-7/h3-5,8,13H,1-2H3. The van der Waals surface area contributed by atoms with E-state index in [1.165, 1.54) is 11.3 Å². The summed E-state index contributed by atoms with van der Waals surface area (Å²) in [6.45, 7) is 1.96. The first kappa shape index (κ1) is 9.36. The molecule has 0 aromatic carbocycles. The van der Waals surface area contributed by atoms with Crippen molar-refractivity contribution in [1.82, 2.24) is 14.5 Å². The van der Waals surface area contributed by atoms with Gasteiger partial charge in [-0.3, -0.25) is 0 Å². The first-order chi connectivity index (χ1) is 6.66. The minimum atomic E-state index is -0.699. The highest BCUT2D eigenvalue weighted by molar-refractivity contribution is 7.11. The van der Waals surface area contributed by atoms with Crippen LogP contribution in [0.2, 0.25) is 0 Å². The first-order valence-electron chi connectivity index (χ1n) is 4.25. The van der Waals surface area contributed by atoms with Crippen molar-refractivity contribution < 1.29 is 5.11 Å². The van der Waals surface area contributed by atoms with Gasteiger partial charge < -0.3 is 9.67 Å². The van der Waals surface area contributed by atoms with E-state index in [0.717, 1.165) is 4.88 Å². The zero-order valence-corrected chi connectivity index (χ0v) is 8.82. The molecule has 74 valence electrons. The van der Waals surface area contributed by atoms with Crippen LogP contribution in [-0.2, 0) is 7.05 Å². The van der Waals surface area contributed by atoms with E-state index in [0.29, 0.717) is 10.7 Å². The monoisotopic (exact) mass is 209 g/mol. The van der Waals surface area contributed by atoms with Crippen LogP contribution >= 0.6 is 11.3 Å². The van der Waals surface area contributed by atoms with Crippen LogP contribution in [0.25, 0.3) is 0 Å². The fourth-order valence-electron chi connectivity index (χ4n) is 1.20. The Morgan fingerprint density at radius 2 is 2.29 bits per heavy atom. The summed E-state index contributed by atoms with van der Waals surface area (Å²) in [5, 5.41) is 10.6. The maximum absolute atomic E-state index is 9.89. The smallest absolute Gasteiger partial charge is 0.149 e. The maximum Gasteiger partial charge on any atom is 0.149 e. The average Bonchev–Trinajstić information content (AvgIpc) is 2.73. The Morgan fingerprint density at radius 3 is 2.79 bits per heavy atom. The quantitative estimate of drug-likeness (QED) is 0.810. The Labute approximate surface area is 85.9 Å². The lowest BCUT2D eigenvalue weighted by Gasteiger charge is -2.01. The molecule has 2 aromatic rings. The van der Waals surface area contributed by atoms with Crippen LogP contribution < -0.4 is 0 Å².